The summed E-state index contributed by atoms with van der Waals surface area (Å²) in [5.74, 6) is 0.274. The Labute approximate surface area is 178 Å². The van der Waals surface area contributed by atoms with E-state index in [0.29, 0.717) is 17.9 Å². The molecule has 0 radical (unpaired) electrons. The smallest absolute Gasteiger partial charge is 0.349 e. The van der Waals surface area contributed by atoms with Crippen molar-refractivity contribution in [2.75, 3.05) is 6.54 Å². The van der Waals surface area contributed by atoms with Gasteiger partial charge >= 0.3 is 5.69 Å². The molecule has 0 saturated carbocycles. The predicted octanol–water partition coefficient (Wildman–Crippen LogP) is 2.18. The third kappa shape index (κ3) is 3.54. The van der Waals surface area contributed by atoms with Crippen LogP contribution in [0.25, 0.3) is 5.69 Å². The number of carbonyl (C=O) groups is 1. The fourth-order valence-corrected chi connectivity index (χ4v) is 3.54. The van der Waals surface area contributed by atoms with E-state index >= 15 is 0 Å². The molecule has 11 heteroatoms. The molecule has 0 spiro atoms. The average Bonchev–Trinajstić information content (AvgIpc) is 2.71. The van der Waals surface area contributed by atoms with Crippen molar-refractivity contribution in [3.8, 4) is 23.3 Å². The van der Waals surface area contributed by atoms with Gasteiger partial charge < -0.3 is 10.1 Å². The molecule has 0 bridgehead atoms. The Morgan fingerprint density at radius 3 is 2.57 bits per heavy atom. The lowest BCUT2D eigenvalue weighted by molar-refractivity contribution is 0.0945. The first-order valence-electron chi connectivity index (χ1n) is 8.59. The van der Waals surface area contributed by atoms with Crippen LogP contribution in [0.1, 0.15) is 21.6 Å². The van der Waals surface area contributed by atoms with E-state index in [1.54, 1.807) is 24.3 Å². The molecule has 0 fully saturated rings. The first-order valence-corrected chi connectivity index (χ1v) is 9.35. The number of aromatic nitrogens is 3. The lowest BCUT2D eigenvalue weighted by Gasteiger charge is -2.18. The first-order chi connectivity index (χ1) is 14.4. The second kappa shape index (κ2) is 7.67. The number of nitrogens with one attached hydrogen (secondary N) is 2. The van der Waals surface area contributed by atoms with E-state index in [1.807, 2.05) is 4.98 Å². The second-order valence-corrected chi connectivity index (χ2v) is 7.11. The number of ether oxygens (including phenoxy) is 1. The SMILES string of the molecule is N#Cc1nn(-c2cc(Cl)c(Oc3ccc4c(c3)C(=O)NCC4)c(Cl)c2)c(=O)[nH]c1=O. The van der Waals surface area contributed by atoms with Crippen LogP contribution in [-0.2, 0) is 6.42 Å². The van der Waals surface area contributed by atoms with Crippen LogP contribution >= 0.6 is 23.2 Å². The molecule has 1 aliphatic rings. The zero-order valence-electron chi connectivity index (χ0n) is 15.0. The third-order valence-corrected chi connectivity index (χ3v) is 4.95. The summed E-state index contributed by atoms with van der Waals surface area (Å²) < 4.78 is 6.57. The molecule has 1 aliphatic heterocycles. The summed E-state index contributed by atoms with van der Waals surface area (Å²) in [6.07, 6.45) is 0.725. The van der Waals surface area contributed by atoms with Gasteiger partial charge in [-0.1, -0.05) is 29.3 Å². The van der Waals surface area contributed by atoms with Crippen molar-refractivity contribution in [2.24, 2.45) is 0 Å². The number of rotatable bonds is 3. The van der Waals surface area contributed by atoms with Gasteiger partial charge in [0.25, 0.3) is 11.5 Å². The number of nitriles is 1. The number of hydrogen-bond acceptors (Lipinski definition) is 6. The van der Waals surface area contributed by atoms with Gasteiger partial charge in [-0.15, -0.1) is 5.10 Å². The van der Waals surface area contributed by atoms with Crippen molar-refractivity contribution in [2.45, 2.75) is 6.42 Å². The van der Waals surface area contributed by atoms with Crippen molar-refractivity contribution in [1.29, 1.82) is 5.26 Å². The van der Waals surface area contributed by atoms with E-state index < -0.39 is 16.9 Å². The molecule has 30 heavy (non-hydrogen) atoms. The van der Waals surface area contributed by atoms with Crippen LogP contribution in [0, 0.1) is 11.3 Å². The number of carbonyl (C=O) groups excluding carboxylic acids is 1. The van der Waals surface area contributed by atoms with E-state index in [9.17, 15) is 14.4 Å². The number of fused-ring (bicyclic) bond motifs is 1. The number of amides is 1. The molecule has 0 aliphatic carbocycles. The average molecular weight is 444 g/mol. The summed E-state index contributed by atoms with van der Waals surface area (Å²) in [6.45, 7) is 0.580. The highest BCUT2D eigenvalue weighted by Gasteiger charge is 2.19. The highest BCUT2D eigenvalue weighted by atomic mass is 35.5. The summed E-state index contributed by atoms with van der Waals surface area (Å²) >= 11 is 12.6. The Morgan fingerprint density at radius 1 is 1.13 bits per heavy atom. The molecule has 4 rings (SSSR count). The van der Waals surface area contributed by atoms with Gasteiger partial charge in [-0.05, 0) is 36.2 Å². The van der Waals surface area contributed by atoms with Gasteiger partial charge in [-0.3, -0.25) is 14.6 Å². The molecule has 1 aromatic heterocycles. The van der Waals surface area contributed by atoms with Gasteiger partial charge in [-0.25, -0.2) is 4.79 Å². The fraction of sp³-hybridized carbons (Fsp3) is 0.105. The third-order valence-electron chi connectivity index (χ3n) is 4.39. The zero-order valence-corrected chi connectivity index (χ0v) is 16.5. The normalized spacial score (nSPS) is 12.6. The summed E-state index contributed by atoms with van der Waals surface area (Å²) in [5, 5.41) is 15.5. The molecule has 9 nitrogen and oxygen atoms in total. The van der Waals surface area contributed by atoms with Gasteiger partial charge in [-0.2, -0.15) is 9.94 Å². The van der Waals surface area contributed by atoms with Crippen LogP contribution in [0.3, 0.4) is 0 Å². The minimum Gasteiger partial charge on any atom is -0.454 e. The van der Waals surface area contributed by atoms with Crippen molar-refractivity contribution in [1.82, 2.24) is 20.1 Å². The van der Waals surface area contributed by atoms with Gasteiger partial charge in [0, 0.05) is 12.1 Å². The van der Waals surface area contributed by atoms with E-state index in [1.165, 1.54) is 12.1 Å². The Kier molecular flexibility index (Phi) is 5.03. The van der Waals surface area contributed by atoms with E-state index in [0.717, 1.165) is 16.7 Å². The van der Waals surface area contributed by atoms with Crippen molar-refractivity contribution >= 4 is 29.1 Å². The van der Waals surface area contributed by atoms with Crippen molar-refractivity contribution in [3.05, 3.63) is 78.0 Å². The number of nitrogens with zero attached hydrogens (tertiary/aromatic N) is 3. The zero-order chi connectivity index (χ0) is 21.4. The molecule has 0 atom stereocenters. The lowest BCUT2D eigenvalue weighted by atomic mass is 10.0. The summed E-state index contributed by atoms with van der Waals surface area (Å²) in [4.78, 5) is 37.6. The number of aromatic amines is 1. The van der Waals surface area contributed by atoms with E-state index in [-0.39, 0.29) is 27.4 Å². The van der Waals surface area contributed by atoms with Crippen LogP contribution in [0.2, 0.25) is 10.0 Å². The molecule has 0 saturated heterocycles. The largest absolute Gasteiger partial charge is 0.454 e. The van der Waals surface area contributed by atoms with Crippen LogP contribution in [0.4, 0.5) is 0 Å². The summed E-state index contributed by atoms with van der Waals surface area (Å²) in [5.41, 5.74) is -0.701. The van der Waals surface area contributed by atoms with Gasteiger partial charge in [0.1, 0.15) is 11.8 Å². The van der Waals surface area contributed by atoms with Crippen LogP contribution in [0.15, 0.2) is 39.9 Å². The van der Waals surface area contributed by atoms with E-state index in [2.05, 4.69) is 10.4 Å². The van der Waals surface area contributed by atoms with Gasteiger partial charge in [0.2, 0.25) is 5.69 Å². The summed E-state index contributed by atoms with van der Waals surface area (Å²) in [7, 11) is 0. The maximum Gasteiger partial charge on any atom is 0.349 e. The Balaban J connectivity index is 1.72. The standard InChI is InChI=1S/C19H11Cl2N5O4/c20-13-5-10(26-19(29)24-18(28)15(8-22)25-26)6-14(21)16(13)30-11-2-1-9-3-4-23-17(27)12(9)7-11/h1-2,5-7H,3-4H2,(H,23,27)(H,24,28,29). The van der Waals surface area contributed by atoms with Crippen LogP contribution in [0.5, 0.6) is 11.5 Å². The number of hydrogen-bond donors (Lipinski definition) is 2. The highest BCUT2D eigenvalue weighted by Crippen LogP contribution is 2.38. The highest BCUT2D eigenvalue weighted by molar-refractivity contribution is 6.37. The molecule has 3 aromatic rings. The number of halogens is 2. The Bertz CT molecular complexity index is 1330. The fourth-order valence-electron chi connectivity index (χ4n) is 2.99. The quantitative estimate of drug-likeness (QED) is 0.637. The molecular formula is C19H11Cl2N5O4. The van der Waals surface area contributed by atoms with Crippen molar-refractivity contribution in [3.63, 3.8) is 0 Å². The minimum atomic E-state index is -0.896. The number of H-pyrrole nitrogens is 1. The summed E-state index contributed by atoms with van der Waals surface area (Å²) in [6, 6.07) is 9.39. The van der Waals surface area contributed by atoms with E-state index in [4.69, 9.17) is 33.2 Å². The minimum absolute atomic E-state index is 0.0538. The maximum atomic E-state index is 12.1. The molecule has 2 aromatic carbocycles. The lowest BCUT2D eigenvalue weighted by Crippen LogP contribution is -2.33. The Morgan fingerprint density at radius 2 is 1.87 bits per heavy atom. The molecule has 2 N–H and O–H groups in total. The Hall–Kier alpha value is -3.61. The molecule has 2 heterocycles. The molecular weight excluding hydrogens is 433 g/mol. The second-order valence-electron chi connectivity index (χ2n) is 6.30. The van der Waals surface area contributed by atoms with Gasteiger partial charge in [0.05, 0.1) is 15.7 Å². The monoisotopic (exact) mass is 443 g/mol. The van der Waals surface area contributed by atoms with Crippen molar-refractivity contribution < 1.29 is 9.53 Å². The van der Waals surface area contributed by atoms with Crippen LogP contribution < -0.4 is 21.3 Å². The maximum absolute atomic E-state index is 12.1. The van der Waals surface area contributed by atoms with Gasteiger partial charge in [0.15, 0.2) is 5.75 Å². The molecule has 150 valence electrons. The number of benzene rings is 2. The first kappa shape index (κ1) is 19.7. The molecule has 0 unspecified atom stereocenters. The van der Waals surface area contributed by atoms with Crippen LogP contribution in [-0.4, -0.2) is 27.2 Å². The predicted molar refractivity (Wildman–Crippen MR) is 108 cm³/mol. The topological polar surface area (TPSA) is 130 Å². The molecule has 1 amide bonds.